The van der Waals surface area contributed by atoms with Crippen LogP contribution in [0.3, 0.4) is 0 Å². The number of hydrogen-bond acceptors (Lipinski definition) is 4. The van der Waals surface area contributed by atoms with E-state index in [1.807, 2.05) is 52.9 Å². The van der Waals surface area contributed by atoms with Crippen LogP contribution in [-0.4, -0.2) is 32.3 Å². The summed E-state index contributed by atoms with van der Waals surface area (Å²) < 4.78 is 4.59. The van der Waals surface area contributed by atoms with Crippen molar-refractivity contribution >= 4 is 38.6 Å². The highest BCUT2D eigenvalue weighted by Crippen LogP contribution is 2.24. The molecule has 0 unspecified atom stereocenters. The minimum atomic E-state index is -0.0647. The molecule has 4 aromatic rings. The van der Waals surface area contributed by atoms with Crippen LogP contribution in [0.25, 0.3) is 16.7 Å². The highest BCUT2D eigenvalue weighted by molar-refractivity contribution is 9.10. The summed E-state index contributed by atoms with van der Waals surface area (Å²) in [5, 5.41) is 9.54. The maximum atomic E-state index is 13.3. The van der Waals surface area contributed by atoms with Gasteiger partial charge in [-0.05, 0) is 30.2 Å². The fourth-order valence-corrected chi connectivity index (χ4v) is 4.07. The van der Waals surface area contributed by atoms with E-state index in [1.165, 1.54) is 0 Å². The number of rotatable bonds is 3. The van der Waals surface area contributed by atoms with Crippen LogP contribution < -0.4 is 10.5 Å². The van der Waals surface area contributed by atoms with E-state index in [2.05, 4.69) is 43.2 Å². The quantitative estimate of drug-likeness (QED) is 0.461. The van der Waals surface area contributed by atoms with E-state index < -0.39 is 0 Å². The normalized spacial score (nSPS) is 14.2. The first kappa shape index (κ1) is 17.2. The molecule has 5 rings (SSSR count). The van der Waals surface area contributed by atoms with Gasteiger partial charge in [0.15, 0.2) is 0 Å². The van der Waals surface area contributed by atoms with Crippen LogP contribution in [0.15, 0.2) is 70.0 Å². The summed E-state index contributed by atoms with van der Waals surface area (Å²) in [7, 11) is 0. The van der Waals surface area contributed by atoms with E-state index >= 15 is 0 Å². The molecule has 2 aromatic heterocycles. The summed E-state index contributed by atoms with van der Waals surface area (Å²) in [6.07, 6.45) is 5.30. The SMILES string of the molecule is O=c1c2cc(Br)ccc2n2c(N3CC=CCC3)nnc2n1Cc1ccccc1. The molecular formula is C21H18BrN5O. The molecule has 28 heavy (non-hydrogen) atoms. The van der Waals surface area contributed by atoms with Crippen molar-refractivity contribution in [2.45, 2.75) is 13.0 Å². The van der Waals surface area contributed by atoms with Crippen molar-refractivity contribution in [2.24, 2.45) is 0 Å². The lowest BCUT2D eigenvalue weighted by molar-refractivity contribution is 0.760. The van der Waals surface area contributed by atoms with Crippen molar-refractivity contribution in [1.82, 2.24) is 19.2 Å². The lowest BCUT2D eigenvalue weighted by Crippen LogP contribution is -2.30. The van der Waals surface area contributed by atoms with Gasteiger partial charge < -0.3 is 4.90 Å². The van der Waals surface area contributed by atoms with E-state index in [0.29, 0.717) is 17.7 Å². The number of fused-ring (bicyclic) bond motifs is 3. The Morgan fingerprint density at radius 2 is 1.89 bits per heavy atom. The van der Waals surface area contributed by atoms with Crippen molar-refractivity contribution in [1.29, 1.82) is 0 Å². The summed E-state index contributed by atoms with van der Waals surface area (Å²) in [5.41, 5.74) is 1.80. The highest BCUT2D eigenvalue weighted by atomic mass is 79.9. The fraction of sp³-hybridized carbons (Fsp3) is 0.190. The Bertz CT molecular complexity index is 1260. The van der Waals surface area contributed by atoms with Gasteiger partial charge in [0.25, 0.3) is 5.56 Å². The first-order valence-corrected chi connectivity index (χ1v) is 10.0. The zero-order valence-electron chi connectivity index (χ0n) is 15.1. The third-order valence-electron chi connectivity index (χ3n) is 5.07. The van der Waals surface area contributed by atoms with Gasteiger partial charge in [-0.1, -0.05) is 58.4 Å². The van der Waals surface area contributed by atoms with Gasteiger partial charge in [-0.2, -0.15) is 0 Å². The molecule has 0 aliphatic carbocycles. The number of nitrogens with zero attached hydrogens (tertiary/aromatic N) is 5. The molecule has 1 aliphatic rings. The van der Waals surface area contributed by atoms with Crippen molar-refractivity contribution in [3.05, 3.63) is 81.1 Å². The summed E-state index contributed by atoms with van der Waals surface area (Å²) in [4.78, 5) is 15.5. The van der Waals surface area contributed by atoms with E-state index in [0.717, 1.165) is 41.0 Å². The van der Waals surface area contributed by atoms with E-state index in [1.54, 1.807) is 4.57 Å². The van der Waals surface area contributed by atoms with Crippen LogP contribution >= 0.6 is 15.9 Å². The standard InChI is InChI=1S/C21H18BrN5O/c22-16-9-10-18-17(13-16)19(28)26(14-15-7-3-1-4-8-15)21-24-23-20(27(18)21)25-11-5-2-6-12-25/h1-5,7-10,13H,6,11-12,14H2. The molecule has 0 atom stereocenters. The van der Waals surface area contributed by atoms with Gasteiger partial charge in [-0.3, -0.25) is 9.36 Å². The van der Waals surface area contributed by atoms with Crippen LogP contribution in [0.4, 0.5) is 5.95 Å². The molecule has 0 amide bonds. The topological polar surface area (TPSA) is 55.4 Å². The van der Waals surface area contributed by atoms with Gasteiger partial charge in [0.05, 0.1) is 17.4 Å². The van der Waals surface area contributed by atoms with Crippen LogP contribution in [0.1, 0.15) is 12.0 Å². The number of anilines is 1. The smallest absolute Gasteiger partial charge is 0.263 e. The van der Waals surface area contributed by atoms with Crippen LogP contribution in [0.2, 0.25) is 0 Å². The van der Waals surface area contributed by atoms with Crippen molar-refractivity contribution in [3.8, 4) is 0 Å². The molecule has 0 saturated heterocycles. The molecule has 0 spiro atoms. The second kappa shape index (κ2) is 6.91. The lowest BCUT2D eigenvalue weighted by atomic mass is 10.2. The molecular weight excluding hydrogens is 418 g/mol. The van der Waals surface area contributed by atoms with E-state index in [-0.39, 0.29) is 5.56 Å². The molecule has 0 N–H and O–H groups in total. The zero-order valence-corrected chi connectivity index (χ0v) is 16.7. The Labute approximate surface area is 169 Å². The summed E-state index contributed by atoms with van der Waals surface area (Å²) >= 11 is 3.50. The summed E-state index contributed by atoms with van der Waals surface area (Å²) in [6.45, 7) is 2.12. The van der Waals surface area contributed by atoms with E-state index in [9.17, 15) is 4.79 Å². The van der Waals surface area contributed by atoms with Crippen LogP contribution in [0, 0.1) is 0 Å². The molecule has 2 aromatic carbocycles. The van der Waals surface area contributed by atoms with Gasteiger partial charge in [0.1, 0.15) is 0 Å². The predicted octanol–water partition coefficient (Wildman–Crippen LogP) is 3.62. The maximum absolute atomic E-state index is 13.3. The Hall–Kier alpha value is -2.93. The Kier molecular flexibility index (Phi) is 4.24. The molecule has 0 fully saturated rings. The minimum Gasteiger partial charge on any atom is -0.337 e. The monoisotopic (exact) mass is 435 g/mol. The number of hydrogen-bond donors (Lipinski definition) is 0. The molecule has 3 heterocycles. The molecule has 0 saturated carbocycles. The van der Waals surface area contributed by atoms with Crippen molar-refractivity contribution in [3.63, 3.8) is 0 Å². The van der Waals surface area contributed by atoms with Gasteiger partial charge in [-0.15, -0.1) is 10.2 Å². The Balaban J connectivity index is 1.81. The van der Waals surface area contributed by atoms with Crippen molar-refractivity contribution < 1.29 is 0 Å². The summed E-state index contributed by atoms with van der Waals surface area (Å²) in [6, 6.07) is 15.7. The third-order valence-corrected chi connectivity index (χ3v) is 5.56. The van der Waals surface area contributed by atoms with Gasteiger partial charge >= 0.3 is 0 Å². The Morgan fingerprint density at radius 3 is 2.68 bits per heavy atom. The molecule has 0 radical (unpaired) electrons. The average molecular weight is 436 g/mol. The molecule has 7 heteroatoms. The van der Waals surface area contributed by atoms with Gasteiger partial charge in [0.2, 0.25) is 11.7 Å². The van der Waals surface area contributed by atoms with Crippen LogP contribution in [-0.2, 0) is 6.54 Å². The molecule has 1 aliphatic heterocycles. The average Bonchev–Trinajstić information content (AvgIpc) is 3.17. The van der Waals surface area contributed by atoms with Gasteiger partial charge in [-0.25, -0.2) is 4.40 Å². The maximum Gasteiger partial charge on any atom is 0.263 e. The van der Waals surface area contributed by atoms with Crippen LogP contribution in [0.5, 0.6) is 0 Å². The number of aromatic nitrogens is 4. The third kappa shape index (κ3) is 2.82. The van der Waals surface area contributed by atoms with Gasteiger partial charge in [0, 0.05) is 17.6 Å². The number of benzene rings is 2. The molecule has 6 nitrogen and oxygen atoms in total. The second-order valence-electron chi connectivity index (χ2n) is 6.88. The number of halogens is 1. The van der Waals surface area contributed by atoms with Crippen molar-refractivity contribution in [2.75, 3.05) is 18.0 Å². The first-order chi connectivity index (χ1) is 13.7. The highest BCUT2D eigenvalue weighted by Gasteiger charge is 2.21. The molecule has 140 valence electrons. The van der Waals surface area contributed by atoms with E-state index in [4.69, 9.17) is 0 Å². The summed E-state index contributed by atoms with van der Waals surface area (Å²) in [5.74, 6) is 1.33. The first-order valence-electron chi connectivity index (χ1n) is 9.23. The molecule has 0 bridgehead atoms. The second-order valence-corrected chi connectivity index (χ2v) is 7.80. The fourth-order valence-electron chi connectivity index (χ4n) is 3.71. The Morgan fingerprint density at radius 1 is 1.04 bits per heavy atom. The minimum absolute atomic E-state index is 0.0647. The predicted molar refractivity (Wildman–Crippen MR) is 114 cm³/mol. The largest absolute Gasteiger partial charge is 0.337 e. The lowest BCUT2D eigenvalue weighted by Gasteiger charge is -2.23. The zero-order chi connectivity index (χ0) is 19.1.